The number of hydrogen-bond donors (Lipinski definition) is 0. The smallest absolute Gasteiger partial charge is 0.303 e. The largest absolute Gasteiger partial charge is 0.456 e. The number of esters is 1. The summed E-state index contributed by atoms with van der Waals surface area (Å²) in [5.41, 5.74) is -0.522. The number of carbonyl (C=O) groups is 1. The van der Waals surface area contributed by atoms with Crippen LogP contribution in [0.25, 0.3) is 0 Å². The highest BCUT2D eigenvalue weighted by atomic mass is 16.6. The second-order valence-electron chi connectivity index (χ2n) is 2.40. The van der Waals surface area contributed by atoms with Crippen molar-refractivity contribution in [2.75, 3.05) is 0 Å². The van der Waals surface area contributed by atoms with Gasteiger partial charge >= 0.3 is 5.97 Å². The van der Waals surface area contributed by atoms with Crippen LogP contribution in [0.4, 0.5) is 0 Å². The Bertz CT molecular complexity index is 125. The van der Waals surface area contributed by atoms with Gasteiger partial charge in [-0.3, -0.25) is 4.79 Å². The Hall–Kier alpha value is -0.790. The van der Waals surface area contributed by atoms with E-state index < -0.39 is 5.60 Å². The van der Waals surface area contributed by atoms with Crippen LogP contribution in [-0.4, -0.2) is 11.6 Å². The first kappa shape index (κ1) is 8.21. The van der Waals surface area contributed by atoms with Crippen LogP contribution in [0.1, 0.15) is 20.8 Å². The summed E-state index contributed by atoms with van der Waals surface area (Å²) in [4.78, 5) is 10.3. The summed E-state index contributed by atoms with van der Waals surface area (Å²) < 4.78 is 4.83. The monoisotopic (exact) mass is 128 g/mol. The number of rotatable bonds is 2. The van der Waals surface area contributed by atoms with Crippen molar-refractivity contribution in [3.63, 3.8) is 0 Å². The van der Waals surface area contributed by atoms with Crippen molar-refractivity contribution in [3.8, 4) is 0 Å². The molecule has 9 heavy (non-hydrogen) atoms. The first-order valence-electron chi connectivity index (χ1n) is 2.81. The fraction of sp³-hybridized carbons (Fsp3) is 0.571. The van der Waals surface area contributed by atoms with Crippen LogP contribution in [0.3, 0.4) is 0 Å². The maximum Gasteiger partial charge on any atom is 0.303 e. The maximum atomic E-state index is 10.3. The van der Waals surface area contributed by atoms with Gasteiger partial charge in [-0.15, -0.1) is 0 Å². The Morgan fingerprint density at radius 3 is 2.22 bits per heavy atom. The van der Waals surface area contributed by atoms with Gasteiger partial charge in [0.1, 0.15) is 5.60 Å². The second-order valence-corrected chi connectivity index (χ2v) is 2.40. The molecule has 2 heteroatoms. The molecule has 0 fully saturated rings. The van der Waals surface area contributed by atoms with Crippen LogP contribution in [0.5, 0.6) is 0 Å². The van der Waals surface area contributed by atoms with Gasteiger partial charge in [-0.1, -0.05) is 6.58 Å². The van der Waals surface area contributed by atoms with Gasteiger partial charge in [0.15, 0.2) is 0 Å². The van der Waals surface area contributed by atoms with Gasteiger partial charge < -0.3 is 4.74 Å². The lowest BCUT2D eigenvalue weighted by atomic mass is 10.1. The van der Waals surface area contributed by atoms with Crippen LogP contribution in [0.2, 0.25) is 0 Å². The lowest BCUT2D eigenvalue weighted by Gasteiger charge is -2.18. The van der Waals surface area contributed by atoms with E-state index in [0.717, 1.165) is 0 Å². The predicted molar refractivity (Wildman–Crippen MR) is 36.0 cm³/mol. The van der Waals surface area contributed by atoms with E-state index in [1.165, 1.54) is 6.92 Å². The zero-order chi connectivity index (χ0) is 7.49. The Morgan fingerprint density at radius 2 is 2.11 bits per heavy atom. The molecule has 0 N–H and O–H groups in total. The molecule has 2 nitrogen and oxygen atoms in total. The average Bonchev–Trinajstić information content (AvgIpc) is 1.63. The topological polar surface area (TPSA) is 26.3 Å². The summed E-state index contributed by atoms with van der Waals surface area (Å²) in [6.07, 6.45) is 1.59. The average molecular weight is 128 g/mol. The van der Waals surface area contributed by atoms with Gasteiger partial charge in [-0.2, -0.15) is 0 Å². The molecule has 0 saturated heterocycles. The fourth-order valence-corrected chi connectivity index (χ4v) is 0.412. The van der Waals surface area contributed by atoms with Gasteiger partial charge in [0, 0.05) is 6.92 Å². The molecule has 0 aromatic heterocycles. The van der Waals surface area contributed by atoms with Crippen LogP contribution in [-0.2, 0) is 9.53 Å². The number of carbonyl (C=O) groups excluding carboxylic acids is 1. The first-order chi connectivity index (χ1) is 3.98. The molecule has 52 valence electrons. The summed E-state index contributed by atoms with van der Waals surface area (Å²) in [6.45, 7) is 8.45. The lowest BCUT2D eigenvalue weighted by molar-refractivity contribution is -0.149. The Labute approximate surface area is 55.5 Å². The standard InChI is InChI=1S/C7H12O2/c1-5-7(3,4)9-6(2)8/h5H,1H2,2-4H3. The third kappa shape index (κ3) is 3.76. The van der Waals surface area contributed by atoms with E-state index in [2.05, 4.69) is 6.58 Å². The third-order valence-corrected chi connectivity index (χ3v) is 0.898. The molecule has 0 aromatic rings. The van der Waals surface area contributed by atoms with E-state index in [1.807, 2.05) is 0 Å². The Morgan fingerprint density at radius 1 is 1.67 bits per heavy atom. The highest BCUT2D eigenvalue weighted by molar-refractivity contribution is 5.66. The minimum atomic E-state index is -0.522. The fourth-order valence-electron chi connectivity index (χ4n) is 0.412. The van der Waals surface area contributed by atoms with Crippen molar-refractivity contribution in [2.45, 2.75) is 26.4 Å². The van der Waals surface area contributed by atoms with E-state index in [0.29, 0.717) is 0 Å². The molecule has 0 heterocycles. The minimum Gasteiger partial charge on any atom is -0.456 e. The Balaban J connectivity index is 3.86. The van der Waals surface area contributed by atoms with Gasteiger partial charge in [0.2, 0.25) is 0 Å². The summed E-state index contributed by atoms with van der Waals surface area (Å²) in [5.74, 6) is -0.278. The minimum absolute atomic E-state index is 0.278. The maximum absolute atomic E-state index is 10.3. The van der Waals surface area contributed by atoms with Crippen molar-refractivity contribution < 1.29 is 9.53 Å². The van der Waals surface area contributed by atoms with Crippen molar-refractivity contribution in [2.24, 2.45) is 0 Å². The highest BCUT2D eigenvalue weighted by Crippen LogP contribution is 2.08. The molecule has 0 amide bonds. The molecular formula is C7H12O2. The third-order valence-electron chi connectivity index (χ3n) is 0.898. The molecule has 0 bridgehead atoms. The molecule has 0 spiro atoms. The van der Waals surface area contributed by atoms with Crippen LogP contribution < -0.4 is 0 Å². The predicted octanol–water partition coefficient (Wildman–Crippen LogP) is 1.51. The van der Waals surface area contributed by atoms with Crippen molar-refractivity contribution in [1.29, 1.82) is 0 Å². The van der Waals surface area contributed by atoms with Crippen LogP contribution >= 0.6 is 0 Å². The molecule has 0 aromatic carbocycles. The molecule has 0 atom stereocenters. The zero-order valence-corrected chi connectivity index (χ0v) is 6.10. The van der Waals surface area contributed by atoms with E-state index in [-0.39, 0.29) is 5.97 Å². The lowest BCUT2D eigenvalue weighted by Crippen LogP contribution is -2.23. The van der Waals surface area contributed by atoms with Crippen molar-refractivity contribution in [1.82, 2.24) is 0 Å². The summed E-state index contributed by atoms with van der Waals surface area (Å²) in [5, 5.41) is 0. The van der Waals surface area contributed by atoms with E-state index in [9.17, 15) is 4.79 Å². The van der Waals surface area contributed by atoms with Crippen LogP contribution in [0, 0.1) is 0 Å². The van der Waals surface area contributed by atoms with Gasteiger partial charge in [-0.25, -0.2) is 0 Å². The molecule has 0 unspecified atom stereocenters. The van der Waals surface area contributed by atoms with Gasteiger partial charge in [0.05, 0.1) is 0 Å². The molecule has 0 aliphatic rings. The molecular weight excluding hydrogens is 116 g/mol. The first-order valence-corrected chi connectivity index (χ1v) is 2.81. The SMILES string of the molecule is C=CC(C)(C)OC(C)=O. The Kier molecular flexibility index (Phi) is 2.43. The van der Waals surface area contributed by atoms with Crippen LogP contribution in [0.15, 0.2) is 12.7 Å². The summed E-state index contributed by atoms with van der Waals surface area (Å²) >= 11 is 0. The van der Waals surface area contributed by atoms with Crippen molar-refractivity contribution in [3.05, 3.63) is 12.7 Å². The molecule has 0 aliphatic heterocycles. The molecule has 0 radical (unpaired) electrons. The summed E-state index contributed by atoms with van der Waals surface area (Å²) in [6, 6.07) is 0. The van der Waals surface area contributed by atoms with E-state index in [1.54, 1.807) is 19.9 Å². The number of ether oxygens (including phenoxy) is 1. The van der Waals surface area contributed by atoms with Crippen molar-refractivity contribution >= 4 is 5.97 Å². The van der Waals surface area contributed by atoms with E-state index in [4.69, 9.17) is 4.74 Å². The van der Waals surface area contributed by atoms with Gasteiger partial charge in [-0.05, 0) is 19.9 Å². The molecule has 0 saturated carbocycles. The van der Waals surface area contributed by atoms with E-state index >= 15 is 0 Å². The summed E-state index contributed by atoms with van der Waals surface area (Å²) in [7, 11) is 0. The normalized spacial score (nSPS) is 10.6. The molecule has 0 aliphatic carbocycles. The quantitative estimate of drug-likeness (QED) is 0.416. The molecule has 0 rings (SSSR count). The zero-order valence-electron chi connectivity index (χ0n) is 6.10. The highest BCUT2D eigenvalue weighted by Gasteiger charge is 2.14. The van der Waals surface area contributed by atoms with Gasteiger partial charge in [0.25, 0.3) is 0 Å². The second kappa shape index (κ2) is 2.67. The number of hydrogen-bond acceptors (Lipinski definition) is 2.